The molecule has 0 spiro atoms. The molecule has 1 unspecified atom stereocenters. The van der Waals surface area contributed by atoms with Crippen molar-refractivity contribution in [2.45, 2.75) is 19.6 Å². The molecule has 12 heteroatoms. The second-order valence-electron chi connectivity index (χ2n) is 5.98. The second-order valence-corrected chi connectivity index (χ2v) is 5.98. The van der Waals surface area contributed by atoms with Gasteiger partial charge in [0, 0.05) is 18.6 Å². The van der Waals surface area contributed by atoms with Gasteiger partial charge in [-0.05, 0) is 24.3 Å². The number of aromatic hydroxyl groups is 1. The van der Waals surface area contributed by atoms with Crippen molar-refractivity contribution in [3.8, 4) is 5.75 Å². The Morgan fingerprint density at radius 1 is 0.903 bits per heavy atom. The third kappa shape index (κ3) is 5.32. The van der Waals surface area contributed by atoms with E-state index in [9.17, 15) is 39.5 Å². The van der Waals surface area contributed by atoms with Crippen molar-refractivity contribution < 1.29 is 48.9 Å². The summed E-state index contributed by atoms with van der Waals surface area (Å²) in [6.45, 7) is 1.45. The predicted octanol–water partition coefficient (Wildman–Crippen LogP) is 2.45. The molecule has 0 radical (unpaired) electrons. The first-order valence-electron chi connectivity index (χ1n) is 8.55. The van der Waals surface area contributed by atoms with Crippen LogP contribution in [0.4, 0.5) is 5.69 Å². The molecule has 1 atom stereocenters. The number of nitro groups is 1. The summed E-state index contributed by atoms with van der Waals surface area (Å²) in [5.74, 6) is -5.95. The van der Waals surface area contributed by atoms with Crippen LogP contribution in [0.1, 0.15) is 54.8 Å². The van der Waals surface area contributed by atoms with E-state index in [2.05, 4.69) is 0 Å². The molecule has 2 rings (SSSR count). The molecule has 0 amide bonds. The summed E-state index contributed by atoms with van der Waals surface area (Å²) in [5.41, 5.74) is -2.74. The average Bonchev–Trinajstić information content (AvgIpc) is 2.72. The summed E-state index contributed by atoms with van der Waals surface area (Å²) >= 11 is 0. The third-order valence-corrected chi connectivity index (χ3v) is 3.93. The summed E-state index contributed by atoms with van der Waals surface area (Å²) in [5, 5.41) is 38.7. The van der Waals surface area contributed by atoms with E-state index in [0.717, 1.165) is 30.3 Å². The Bertz CT molecular complexity index is 1080. The zero-order chi connectivity index (χ0) is 23.3. The van der Waals surface area contributed by atoms with Gasteiger partial charge in [0.1, 0.15) is 5.75 Å². The highest BCUT2D eigenvalue weighted by molar-refractivity contribution is 6.04. The van der Waals surface area contributed by atoms with Gasteiger partial charge in [-0.3, -0.25) is 10.1 Å². The molecular weight excluding hydrogens is 418 g/mol. The lowest BCUT2D eigenvalue weighted by atomic mass is 10.1. The molecule has 2 aromatic rings. The molecule has 0 saturated heterocycles. The molecule has 162 valence electrons. The standard InChI is InChI=1S/C19H15NO11/c1-2-15(30-18(26)12-6-4-10(21)8-13(12)17(24)25)31-19(27)14-7-9(20(28)29)3-5-11(14)16(22)23/h3-8,15,21H,2H2,1H3,(H,22,23)(H,24,25). The van der Waals surface area contributed by atoms with Crippen molar-refractivity contribution >= 4 is 29.6 Å². The Labute approximate surface area is 173 Å². The first-order chi connectivity index (χ1) is 14.5. The maximum Gasteiger partial charge on any atom is 0.342 e. The molecular formula is C19H15NO11. The molecule has 0 aliphatic carbocycles. The van der Waals surface area contributed by atoms with Gasteiger partial charge in [0.2, 0.25) is 6.29 Å². The Kier molecular flexibility index (Phi) is 6.87. The highest BCUT2D eigenvalue weighted by atomic mass is 16.7. The van der Waals surface area contributed by atoms with E-state index in [1.54, 1.807) is 0 Å². The molecule has 0 aromatic heterocycles. The number of carbonyl (C=O) groups is 4. The molecule has 0 aliphatic rings. The summed E-state index contributed by atoms with van der Waals surface area (Å²) in [7, 11) is 0. The smallest absolute Gasteiger partial charge is 0.342 e. The van der Waals surface area contributed by atoms with E-state index in [1.807, 2.05) is 0 Å². The number of carbonyl (C=O) groups excluding carboxylic acids is 2. The Morgan fingerprint density at radius 3 is 1.97 bits per heavy atom. The van der Waals surface area contributed by atoms with E-state index >= 15 is 0 Å². The van der Waals surface area contributed by atoms with Crippen LogP contribution >= 0.6 is 0 Å². The van der Waals surface area contributed by atoms with Crippen molar-refractivity contribution in [2.75, 3.05) is 0 Å². The van der Waals surface area contributed by atoms with Crippen molar-refractivity contribution in [3.05, 3.63) is 68.8 Å². The Morgan fingerprint density at radius 2 is 1.45 bits per heavy atom. The highest BCUT2D eigenvalue weighted by Gasteiger charge is 2.27. The number of non-ortho nitro benzene ring substituents is 1. The number of nitrogens with zero attached hydrogens (tertiary/aromatic N) is 1. The van der Waals surface area contributed by atoms with Crippen LogP contribution in [-0.2, 0) is 9.47 Å². The fourth-order valence-corrected chi connectivity index (χ4v) is 2.44. The Balaban J connectivity index is 2.28. The summed E-state index contributed by atoms with van der Waals surface area (Å²) < 4.78 is 9.94. The lowest BCUT2D eigenvalue weighted by molar-refractivity contribution is -0.384. The van der Waals surface area contributed by atoms with Crippen LogP contribution in [0.3, 0.4) is 0 Å². The zero-order valence-electron chi connectivity index (χ0n) is 15.8. The molecule has 3 N–H and O–H groups in total. The number of aromatic carboxylic acids is 2. The number of nitro benzene ring substituents is 1. The van der Waals surface area contributed by atoms with Crippen molar-refractivity contribution in [3.63, 3.8) is 0 Å². The number of hydrogen-bond donors (Lipinski definition) is 3. The topological polar surface area (TPSA) is 191 Å². The molecule has 2 aromatic carbocycles. The fourth-order valence-electron chi connectivity index (χ4n) is 2.44. The normalized spacial score (nSPS) is 11.3. The minimum atomic E-state index is -1.56. The SMILES string of the molecule is CCC(OC(=O)c1ccc(O)cc1C(=O)O)OC(=O)c1cc([N+](=O)[O-])ccc1C(=O)O. The number of esters is 2. The summed E-state index contributed by atoms with van der Waals surface area (Å²) in [6.07, 6.45) is -1.66. The van der Waals surface area contributed by atoms with E-state index < -0.39 is 68.8 Å². The molecule has 0 heterocycles. The number of phenols is 1. The monoisotopic (exact) mass is 433 g/mol. The number of carboxylic acids is 2. The zero-order valence-corrected chi connectivity index (χ0v) is 15.8. The average molecular weight is 433 g/mol. The van der Waals surface area contributed by atoms with E-state index in [4.69, 9.17) is 14.6 Å². The van der Waals surface area contributed by atoms with Crippen LogP contribution in [0.25, 0.3) is 0 Å². The fraction of sp³-hybridized carbons (Fsp3) is 0.158. The van der Waals surface area contributed by atoms with E-state index in [-0.39, 0.29) is 6.42 Å². The maximum atomic E-state index is 12.4. The van der Waals surface area contributed by atoms with Crippen molar-refractivity contribution in [1.29, 1.82) is 0 Å². The first kappa shape index (κ1) is 22.8. The predicted molar refractivity (Wildman–Crippen MR) is 100 cm³/mol. The summed E-state index contributed by atoms with van der Waals surface area (Å²) in [6, 6.07) is 5.35. The van der Waals surface area contributed by atoms with Crippen LogP contribution in [0, 0.1) is 10.1 Å². The van der Waals surface area contributed by atoms with Crippen LogP contribution < -0.4 is 0 Å². The van der Waals surface area contributed by atoms with Gasteiger partial charge in [-0.2, -0.15) is 0 Å². The van der Waals surface area contributed by atoms with Gasteiger partial charge < -0.3 is 24.8 Å². The quantitative estimate of drug-likeness (QED) is 0.240. The van der Waals surface area contributed by atoms with Gasteiger partial charge >= 0.3 is 23.9 Å². The Hall–Kier alpha value is -4.48. The molecule has 0 bridgehead atoms. The van der Waals surface area contributed by atoms with Crippen molar-refractivity contribution in [2.24, 2.45) is 0 Å². The number of ether oxygens (including phenoxy) is 2. The number of hydrogen-bond acceptors (Lipinski definition) is 9. The van der Waals surface area contributed by atoms with Crippen LogP contribution in [0.5, 0.6) is 5.75 Å². The molecule has 0 aliphatic heterocycles. The molecule has 12 nitrogen and oxygen atoms in total. The van der Waals surface area contributed by atoms with Crippen LogP contribution in [0.15, 0.2) is 36.4 Å². The second kappa shape index (κ2) is 9.35. The minimum absolute atomic E-state index is 0.102. The molecule has 31 heavy (non-hydrogen) atoms. The number of phenolic OH excluding ortho intramolecular Hbond substituents is 1. The van der Waals surface area contributed by atoms with E-state index in [1.165, 1.54) is 6.92 Å². The van der Waals surface area contributed by atoms with Gasteiger partial charge in [0.05, 0.1) is 27.2 Å². The number of benzene rings is 2. The van der Waals surface area contributed by atoms with E-state index in [0.29, 0.717) is 6.07 Å². The van der Waals surface area contributed by atoms with Crippen molar-refractivity contribution in [1.82, 2.24) is 0 Å². The van der Waals surface area contributed by atoms with Crippen LogP contribution in [0.2, 0.25) is 0 Å². The largest absolute Gasteiger partial charge is 0.508 e. The molecule has 0 fully saturated rings. The van der Waals surface area contributed by atoms with Gasteiger partial charge in [-0.1, -0.05) is 6.92 Å². The number of rotatable bonds is 8. The highest BCUT2D eigenvalue weighted by Crippen LogP contribution is 2.22. The first-order valence-corrected chi connectivity index (χ1v) is 8.55. The lowest BCUT2D eigenvalue weighted by Crippen LogP contribution is -2.26. The van der Waals surface area contributed by atoms with Gasteiger partial charge in [0.15, 0.2) is 0 Å². The minimum Gasteiger partial charge on any atom is -0.508 e. The summed E-state index contributed by atoms with van der Waals surface area (Å²) in [4.78, 5) is 57.4. The third-order valence-electron chi connectivity index (χ3n) is 3.93. The lowest BCUT2D eigenvalue weighted by Gasteiger charge is -2.18. The molecule has 0 saturated carbocycles. The van der Waals surface area contributed by atoms with Crippen LogP contribution in [-0.4, -0.2) is 50.4 Å². The van der Waals surface area contributed by atoms with Gasteiger partial charge in [-0.25, -0.2) is 19.2 Å². The number of carboxylic acid groups (broad SMARTS) is 2. The van der Waals surface area contributed by atoms with Gasteiger partial charge in [0.25, 0.3) is 5.69 Å². The van der Waals surface area contributed by atoms with Gasteiger partial charge in [-0.15, -0.1) is 0 Å². The maximum absolute atomic E-state index is 12.4.